The van der Waals surface area contributed by atoms with Crippen LogP contribution in [0.3, 0.4) is 0 Å². The normalized spacial score (nSPS) is 34.1. The molecule has 0 aromatic heterocycles. The lowest BCUT2D eigenvalue weighted by atomic mass is 9.81. The van der Waals surface area contributed by atoms with E-state index >= 15 is 0 Å². The maximum Gasteiger partial charge on any atom is 0.309 e. The van der Waals surface area contributed by atoms with Crippen LogP contribution in [0.4, 0.5) is 5.69 Å². The fraction of sp³-hybridized carbons (Fsp3) is 0.375. The molecule has 2 aliphatic carbocycles. The van der Waals surface area contributed by atoms with Crippen molar-refractivity contribution in [3.63, 3.8) is 0 Å². The topological polar surface area (TPSA) is 66.4 Å². The molecule has 2 N–H and O–H groups in total. The molecule has 2 aliphatic rings. The van der Waals surface area contributed by atoms with Crippen molar-refractivity contribution < 1.29 is 14.7 Å². The number of benzene rings is 1. The van der Waals surface area contributed by atoms with E-state index in [2.05, 4.69) is 5.32 Å². The van der Waals surface area contributed by atoms with Gasteiger partial charge in [0.05, 0.1) is 21.9 Å². The Labute approximate surface area is 189 Å². The minimum absolute atomic E-state index is 0.259. The van der Waals surface area contributed by atoms with Gasteiger partial charge < -0.3 is 10.4 Å². The van der Waals surface area contributed by atoms with Gasteiger partial charge in [-0.1, -0.05) is 64.1 Å². The molecule has 0 heterocycles. The highest BCUT2D eigenvalue weighted by atomic mass is 35.5. The highest BCUT2D eigenvalue weighted by molar-refractivity contribution is 6.66. The van der Waals surface area contributed by atoms with Crippen LogP contribution in [0, 0.1) is 18.8 Å². The number of rotatable bonds is 3. The molecule has 1 amide bonds. The Balaban J connectivity index is 2.10. The summed E-state index contributed by atoms with van der Waals surface area (Å²) >= 11 is 44.1. The Morgan fingerprint density at radius 2 is 1.52 bits per heavy atom. The van der Waals surface area contributed by atoms with Crippen LogP contribution in [0.1, 0.15) is 5.56 Å². The minimum Gasteiger partial charge on any atom is -0.481 e. The number of fused-ring (bicyclic) bond motifs is 2. The standard InChI is InChI=1S/C16H10Cl7NO3/c1-5-2-3-6(4-7(5)17)24-12(25)8-9(13(26)27)15(21)11(19)10(18)14(8,20)16(15,22)23/h2-4,8-9H,1H3,(H,24,25)(H,26,27). The predicted molar refractivity (Wildman–Crippen MR) is 110 cm³/mol. The van der Waals surface area contributed by atoms with Crippen LogP contribution >= 0.6 is 81.2 Å². The van der Waals surface area contributed by atoms with Crippen LogP contribution in [0.5, 0.6) is 0 Å². The highest BCUT2D eigenvalue weighted by Crippen LogP contribution is 2.76. The SMILES string of the molecule is Cc1ccc(NC(=O)C2C(C(=O)O)C3(Cl)C(Cl)=C(Cl)C2(Cl)C3(Cl)Cl)cc1Cl. The van der Waals surface area contributed by atoms with Crippen LogP contribution in [0.25, 0.3) is 0 Å². The summed E-state index contributed by atoms with van der Waals surface area (Å²) in [6, 6.07) is 4.79. The van der Waals surface area contributed by atoms with Crippen LogP contribution in [0.2, 0.25) is 5.02 Å². The summed E-state index contributed by atoms with van der Waals surface area (Å²) < 4.78 is -2.15. The first-order chi connectivity index (χ1) is 12.3. The summed E-state index contributed by atoms with van der Waals surface area (Å²) in [4.78, 5) is 20.9. The fourth-order valence-electron chi connectivity index (χ4n) is 3.52. The average Bonchev–Trinajstić information content (AvgIpc) is 2.78. The molecule has 1 aromatic rings. The maximum absolute atomic E-state index is 13.0. The lowest BCUT2D eigenvalue weighted by Gasteiger charge is -2.33. The Morgan fingerprint density at radius 1 is 1.00 bits per heavy atom. The number of carboxylic acid groups (broad SMARTS) is 1. The molecule has 4 unspecified atom stereocenters. The maximum atomic E-state index is 13.0. The van der Waals surface area contributed by atoms with Gasteiger partial charge in [0, 0.05) is 10.7 Å². The smallest absolute Gasteiger partial charge is 0.309 e. The number of amides is 1. The van der Waals surface area contributed by atoms with Gasteiger partial charge in [0.2, 0.25) is 5.91 Å². The molecule has 0 aliphatic heterocycles. The second kappa shape index (κ2) is 6.73. The fourth-order valence-corrected chi connectivity index (χ4v) is 6.63. The quantitative estimate of drug-likeness (QED) is 0.507. The molecule has 1 aromatic carbocycles. The van der Waals surface area contributed by atoms with Crippen molar-refractivity contribution >= 4 is 98.8 Å². The Kier molecular flexibility index (Phi) is 5.39. The van der Waals surface area contributed by atoms with Crippen molar-refractivity contribution in [2.24, 2.45) is 11.8 Å². The van der Waals surface area contributed by atoms with E-state index in [4.69, 9.17) is 81.2 Å². The van der Waals surface area contributed by atoms with Gasteiger partial charge in [0.25, 0.3) is 0 Å². The first-order valence-electron chi connectivity index (χ1n) is 7.43. The van der Waals surface area contributed by atoms with Gasteiger partial charge in [0.1, 0.15) is 9.75 Å². The Hall–Kier alpha value is -0.0700. The Morgan fingerprint density at radius 3 is 2.00 bits per heavy atom. The van der Waals surface area contributed by atoms with Crippen LogP contribution in [-0.2, 0) is 9.59 Å². The van der Waals surface area contributed by atoms with E-state index in [1.807, 2.05) is 0 Å². The van der Waals surface area contributed by atoms with E-state index in [1.165, 1.54) is 6.07 Å². The first-order valence-corrected chi connectivity index (χ1v) is 10.1. The molecular formula is C16H10Cl7NO3. The third-order valence-electron chi connectivity index (χ3n) is 4.92. The third kappa shape index (κ3) is 2.64. The summed E-state index contributed by atoms with van der Waals surface area (Å²) in [5.74, 6) is -5.35. The number of allylic oxidation sites excluding steroid dienone is 2. The minimum atomic E-state index is -2.15. The van der Waals surface area contributed by atoms with Crippen LogP contribution in [-0.4, -0.2) is 31.1 Å². The van der Waals surface area contributed by atoms with Crippen LogP contribution < -0.4 is 5.32 Å². The number of hydrogen-bond acceptors (Lipinski definition) is 2. The summed E-state index contributed by atoms with van der Waals surface area (Å²) in [5.41, 5.74) is 1.12. The molecule has 0 spiro atoms. The highest BCUT2D eigenvalue weighted by Gasteiger charge is 2.85. The number of aliphatic carboxylic acids is 1. The lowest BCUT2D eigenvalue weighted by molar-refractivity contribution is -0.146. The summed E-state index contributed by atoms with van der Waals surface area (Å²) in [6.45, 7) is 1.79. The van der Waals surface area contributed by atoms with Crippen molar-refractivity contribution in [3.8, 4) is 0 Å². The third-order valence-corrected chi connectivity index (χ3v) is 9.59. The van der Waals surface area contributed by atoms with E-state index < -0.39 is 37.8 Å². The molecule has 0 radical (unpaired) electrons. The molecule has 11 heteroatoms. The number of hydrogen-bond donors (Lipinski definition) is 2. The molecule has 0 saturated heterocycles. The van der Waals surface area contributed by atoms with E-state index in [1.54, 1.807) is 19.1 Å². The van der Waals surface area contributed by atoms with E-state index in [0.29, 0.717) is 10.7 Å². The van der Waals surface area contributed by atoms with Gasteiger partial charge in [-0.15, -0.1) is 23.2 Å². The average molecular weight is 512 g/mol. The van der Waals surface area contributed by atoms with Gasteiger partial charge in [-0.25, -0.2) is 0 Å². The van der Waals surface area contributed by atoms with Crippen molar-refractivity contribution in [1.82, 2.24) is 0 Å². The molecule has 27 heavy (non-hydrogen) atoms. The van der Waals surface area contributed by atoms with Gasteiger partial charge in [0.15, 0.2) is 4.33 Å². The van der Waals surface area contributed by atoms with Crippen molar-refractivity contribution in [3.05, 3.63) is 38.8 Å². The number of halogens is 7. The van der Waals surface area contributed by atoms with Gasteiger partial charge >= 0.3 is 5.97 Å². The molecule has 1 saturated carbocycles. The van der Waals surface area contributed by atoms with Gasteiger partial charge in [-0.05, 0) is 24.6 Å². The molecule has 2 bridgehead atoms. The molecule has 3 rings (SSSR count). The largest absolute Gasteiger partial charge is 0.481 e. The molecule has 1 fully saturated rings. The number of carboxylic acids is 1. The molecular weight excluding hydrogens is 502 g/mol. The van der Waals surface area contributed by atoms with E-state index in [-0.39, 0.29) is 10.1 Å². The number of carbonyl (C=O) groups is 2. The summed E-state index contributed by atoms with van der Waals surface area (Å²) in [5, 5.41) is 12.2. The number of aryl methyl sites for hydroxylation is 1. The number of anilines is 1. The zero-order valence-corrected chi connectivity index (χ0v) is 18.6. The van der Waals surface area contributed by atoms with Gasteiger partial charge in [-0.3, -0.25) is 9.59 Å². The number of nitrogens with one attached hydrogen (secondary N) is 1. The van der Waals surface area contributed by atoms with Gasteiger partial charge in [-0.2, -0.15) is 0 Å². The van der Waals surface area contributed by atoms with Crippen molar-refractivity contribution in [2.75, 3.05) is 5.32 Å². The zero-order valence-electron chi connectivity index (χ0n) is 13.3. The summed E-state index contributed by atoms with van der Waals surface area (Å²) in [7, 11) is 0. The second-order valence-electron chi connectivity index (χ2n) is 6.37. The zero-order chi connectivity index (χ0) is 20.5. The molecule has 4 atom stereocenters. The monoisotopic (exact) mass is 509 g/mol. The van der Waals surface area contributed by atoms with Crippen LogP contribution in [0.15, 0.2) is 28.3 Å². The van der Waals surface area contributed by atoms with Crippen molar-refractivity contribution in [2.45, 2.75) is 21.0 Å². The molecule has 146 valence electrons. The summed E-state index contributed by atoms with van der Waals surface area (Å²) in [6.07, 6.45) is 0. The van der Waals surface area contributed by atoms with E-state index in [9.17, 15) is 14.7 Å². The van der Waals surface area contributed by atoms with Crippen molar-refractivity contribution in [1.29, 1.82) is 0 Å². The second-order valence-corrected chi connectivity index (χ2v) is 10.1. The first kappa shape index (κ1) is 21.6. The van der Waals surface area contributed by atoms with E-state index in [0.717, 1.165) is 5.56 Å². The molecule has 4 nitrogen and oxygen atoms in total. The number of alkyl halides is 4. The Bertz CT molecular complexity index is 902. The predicted octanol–water partition coefficient (Wildman–Crippen LogP) is 5.75. The number of carbonyl (C=O) groups excluding carboxylic acids is 1. The lowest BCUT2D eigenvalue weighted by Crippen LogP contribution is -2.47.